The van der Waals surface area contributed by atoms with Crippen LogP contribution in [-0.2, 0) is 14.8 Å². The zero-order valence-corrected chi connectivity index (χ0v) is 12.6. The van der Waals surface area contributed by atoms with Crippen LogP contribution in [0.4, 0.5) is 5.69 Å². The van der Waals surface area contributed by atoms with Crippen LogP contribution in [0.15, 0.2) is 17.0 Å². The Labute approximate surface area is 119 Å². The minimum atomic E-state index is -3.80. The van der Waals surface area contributed by atoms with Gasteiger partial charge in [-0.3, -0.25) is 4.79 Å². The number of hydrogen-bond acceptors (Lipinski definition) is 4. The smallest absolute Gasteiger partial charge is 0.241 e. The third-order valence-corrected chi connectivity index (χ3v) is 3.53. The van der Waals surface area contributed by atoms with Crippen LogP contribution in [0.1, 0.15) is 18.1 Å². The molecule has 0 saturated carbocycles. The van der Waals surface area contributed by atoms with Crippen molar-refractivity contribution in [1.29, 1.82) is 0 Å². The van der Waals surface area contributed by atoms with Crippen molar-refractivity contribution in [2.75, 3.05) is 5.32 Å². The Morgan fingerprint density at radius 1 is 1.32 bits per heavy atom. The maximum atomic E-state index is 11.5. The number of halogens is 1. The van der Waals surface area contributed by atoms with Gasteiger partial charge in [-0.05, 0) is 44.0 Å². The van der Waals surface area contributed by atoms with Crippen LogP contribution in [0, 0.1) is 13.8 Å². The fraction of sp³-hybridized carbons (Fsp3) is 0.364. The highest BCUT2D eigenvalue weighted by atomic mass is 35.5. The molecule has 0 bridgehead atoms. The van der Waals surface area contributed by atoms with E-state index in [9.17, 15) is 13.2 Å². The highest BCUT2D eigenvalue weighted by molar-refractivity contribution is 7.89. The van der Waals surface area contributed by atoms with E-state index < -0.39 is 16.1 Å². The van der Waals surface area contributed by atoms with E-state index in [1.807, 2.05) is 0 Å². The minimum Gasteiger partial charge on any atom is -0.324 e. The van der Waals surface area contributed by atoms with Gasteiger partial charge in [0.1, 0.15) is 0 Å². The number of nitrogens with two attached hydrogens (primary N) is 2. The largest absolute Gasteiger partial charge is 0.324 e. The van der Waals surface area contributed by atoms with Crippen LogP contribution in [-0.4, -0.2) is 20.4 Å². The fourth-order valence-corrected chi connectivity index (χ4v) is 1.99. The number of carbonyl (C=O) groups is 1. The molecule has 0 aliphatic heterocycles. The molecule has 8 heteroatoms. The lowest BCUT2D eigenvalue weighted by molar-refractivity contribution is -0.117. The van der Waals surface area contributed by atoms with Crippen LogP contribution >= 0.6 is 12.4 Å². The maximum Gasteiger partial charge on any atom is 0.241 e. The molecule has 0 saturated heterocycles. The van der Waals surface area contributed by atoms with Crippen molar-refractivity contribution < 1.29 is 13.2 Å². The zero-order chi connectivity index (χ0) is 14.1. The van der Waals surface area contributed by atoms with Gasteiger partial charge in [0.15, 0.2) is 0 Å². The first-order valence-electron chi connectivity index (χ1n) is 5.33. The molecule has 108 valence electrons. The van der Waals surface area contributed by atoms with E-state index in [0.29, 0.717) is 5.69 Å². The molecule has 1 amide bonds. The van der Waals surface area contributed by atoms with Crippen molar-refractivity contribution in [3.8, 4) is 0 Å². The van der Waals surface area contributed by atoms with E-state index in [-0.39, 0.29) is 23.2 Å². The number of carbonyl (C=O) groups excluding carboxylic acids is 1. The van der Waals surface area contributed by atoms with E-state index in [2.05, 4.69) is 5.32 Å². The summed E-state index contributed by atoms with van der Waals surface area (Å²) in [4.78, 5) is 11.5. The number of primary sulfonamides is 1. The Hall–Kier alpha value is -1.15. The highest BCUT2D eigenvalue weighted by Gasteiger charge is 2.15. The van der Waals surface area contributed by atoms with Gasteiger partial charge in [-0.1, -0.05) is 0 Å². The lowest BCUT2D eigenvalue weighted by atomic mass is 10.1. The van der Waals surface area contributed by atoms with E-state index in [0.717, 1.165) is 11.1 Å². The number of aryl methyl sites for hydroxylation is 1. The molecule has 1 atom stereocenters. The van der Waals surface area contributed by atoms with Crippen molar-refractivity contribution in [3.05, 3.63) is 23.3 Å². The fourth-order valence-electron chi connectivity index (χ4n) is 1.37. The Kier molecular flexibility index (Phi) is 5.95. The van der Waals surface area contributed by atoms with Crippen molar-refractivity contribution in [2.24, 2.45) is 10.9 Å². The maximum absolute atomic E-state index is 11.5. The summed E-state index contributed by atoms with van der Waals surface area (Å²) in [6.45, 7) is 5.06. The van der Waals surface area contributed by atoms with Crippen LogP contribution < -0.4 is 16.2 Å². The monoisotopic (exact) mass is 307 g/mol. The predicted molar refractivity (Wildman–Crippen MR) is 76.8 cm³/mol. The zero-order valence-electron chi connectivity index (χ0n) is 10.9. The number of benzene rings is 1. The third kappa shape index (κ3) is 4.46. The number of nitrogens with one attached hydrogen (secondary N) is 1. The summed E-state index contributed by atoms with van der Waals surface area (Å²) in [5.41, 5.74) is 7.34. The molecule has 0 aliphatic rings. The molecule has 5 N–H and O–H groups in total. The Morgan fingerprint density at radius 3 is 2.26 bits per heavy atom. The van der Waals surface area contributed by atoms with Gasteiger partial charge in [-0.15, -0.1) is 12.4 Å². The molecule has 1 aromatic carbocycles. The number of rotatable bonds is 3. The number of amides is 1. The Morgan fingerprint density at radius 2 is 1.84 bits per heavy atom. The van der Waals surface area contributed by atoms with Crippen LogP contribution in [0.3, 0.4) is 0 Å². The molecule has 0 spiro atoms. The Bertz CT molecular complexity index is 585. The molecular weight excluding hydrogens is 290 g/mol. The molecule has 1 rings (SSSR count). The molecule has 19 heavy (non-hydrogen) atoms. The molecule has 0 aromatic heterocycles. The molecular formula is C11H18ClN3O3S. The quantitative estimate of drug-likeness (QED) is 0.760. The lowest BCUT2D eigenvalue weighted by Crippen LogP contribution is -2.32. The van der Waals surface area contributed by atoms with Crippen molar-refractivity contribution in [1.82, 2.24) is 0 Å². The van der Waals surface area contributed by atoms with E-state index in [4.69, 9.17) is 10.9 Å². The van der Waals surface area contributed by atoms with Crippen LogP contribution in [0.2, 0.25) is 0 Å². The Balaban J connectivity index is 0.00000324. The van der Waals surface area contributed by atoms with Gasteiger partial charge >= 0.3 is 0 Å². The van der Waals surface area contributed by atoms with E-state index in [1.54, 1.807) is 20.8 Å². The first-order valence-corrected chi connectivity index (χ1v) is 6.88. The van der Waals surface area contributed by atoms with Crippen LogP contribution in [0.25, 0.3) is 0 Å². The second-order valence-corrected chi connectivity index (χ2v) is 5.80. The average molecular weight is 308 g/mol. The van der Waals surface area contributed by atoms with Crippen molar-refractivity contribution in [3.63, 3.8) is 0 Å². The summed E-state index contributed by atoms with van der Waals surface area (Å²) in [5, 5.41) is 7.65. The summed E-state index contributed by atoms with van der Waals surface area (Å²) in [6.07, 6.45) is 0. The van der Waals surface area contributed by atoms with E-state index >= 15 is 0 Å². The average Bonchev–Trinajstić information content (AvgIpc) is 2.22. The summed E-state index contributed by atoms with van der Waals surface area (Å²) in [6, 6.07) is 2.12. The number of anilines is 1. The second kappa shape index (κ2) is 6.33. The van der Waals surface area contributed by atoms with Gasteiger partial charge in [-0.25, -0.2) is 13.6 Å². The summed E-state index contributed by atoms with van der Waals surface area (Å²) >= 11 is 0. The third-order valence-electron chi connectivity index (χ3n) is 2.64. The standard InChI is InChI=1S/C11H17N3O3S.ClH/c1-6-4-9(18(13,16)17)5-10(7(6)2)14-11(15)8(3)12;/h4-5,8H,12H2,1-3H3,(H,14,15)(H2,13,16,17);1H/t8-;/m1./s1. The normalized spacial score (nSPS) is 12.5. The topological polar surface area (TPSA) is 115 Å². The minimum absolute atomic E-state index is 0. The molecule has 6 nitrogen and oxygen atoms in total. The predicted octanol–water partition coefficient (Wildman–Crippen LogP) is 0.658. The van der Waals surface area contributed by atoms with E-state index in [1.165, 1.54) is 12.1 Å². The van der Waals surface area contributed by atoms with Gasteiger partial charge < -0.3 is 11.1 Å². The van der Waals surface area contributed by atoms with Gasteiger partial charge in [0.2, 0.25) is 15.9 Å². The first-order chi connectivity index (χ1) is 8.12. The molecule has 0 fully saturated rings. The lowest BCUT2D eigenvalue weighted by Gasteiger charge is -2.13. The molecule has 0 unspecified atom stereocenters. The van der Waals surface area contributed by atoms with Gasteiger partial charge in [0, 0.05) is 5.69 Å². The molecule has 1 aromatic rings. The highest BCUT2D eigenvalue weighted by Crippen LogP contribution is 2.23. The molecule has 0 heterocycles. The first kappa shape index (κ1) is 17.8. The molecule has 0 aliphatic carbocycles. The summed E-state index contributed by atoms with van der Waals surface area (Å²) in [7, 11) is -3.80. The number of sulfonamides is 1. The molecule has 0 radical (unpaired) electrons. The SMILES string of the molecule is Cc1cc(S(N)(=O)=O)cc(NC(=O)[C@@H](C)N)c1C.Cl. The van der Waals surface area contributed by atoms with Gasteiger partial charge in [0.05, 0.1) is 10.9 Å². The van der Waals surface area contributed by atoms with Gasteiger partial charge in [0.25, 0.3) is 0 Å². The van der Waals surface area contributed by atoms with Crippen molar-refractivity contribution >= 4 is 34.0 Å². The van der Waals surface area contributed by atoms with Crippen molar-refractivity contribution in [2.45, 2.75) is 31.7 Å². The van der Waals surface area contributed by atoms with Crippen LogP contribution in [0.5, 0.6) is 0 Å². The second-order valence-electron chi connectivity index (χ2n) is 4.24. The number of hydrogen-bond donors (Lipinski definition) is 3. The van der Waals surface area contributed by atoms with Gasteiger partial charge in [-0.2, -0.15) is 0 Å². The summed E-state index contributed by atoms with van der Waals surface area (Å²) < 4.78 is 22.6. The summed E-state index contributed by atoms with van der Waals surface area (Å²) in [5.74, 6) is -0.385.